The molecule has 3 nitrogen and oxygen atoms in total. The van der Waals surface area contributed by atoms with Gasteiger partial charge in [-0.1, -0.05) is 0 Å². The Bertz CT molecular complexity index is 306. The van der Waals surface area contributed by atoms with Gasteiger partial charge in [-0.25, -0.2) is 4.98 Å². The number of aliphatic hydroxyl groups excluding tert-OH is 1. The van der Waals surface area contributed by atoms with E-state index in [9.17, 15) is 5.11 Å². The van der Waals surface area contributed by atoms with Gasteiger partial charge in [-0.2, -0.15) is 0 Å². The second-order valence-electron chi connectivity index (χ2n) is 3.87. The topological polar surface area (TPSA) is 59.1 Å². The molecule has 1 fully saturated rings. The zero-order valence-electron chi connectivity index (χ0n) is 7.66. The summed E-state index contributed by atoms with van der Waals surface area (Å²) in [6.07, 6.45) is 2.24. The summed E-state index contributed by atoms with van der Waals surface area (Å²) in [5.41, 5.74) is 6.58. The summed E-state index contributed by atoms with van der Waals surface area (Å²) in [4.78, 5) is 4.24. The lowest BCUT2D eigenvalue weighted by Gasteiger charge is -2.12. The molecule has 1 heterocycles. The highest BCUT2D eigenvalue weighted by Gasteiger charge is 2.40. The van der Waals surface area contributed by atoms with Crippen LogP contribution < -0.4 is 5.73 Å². The lowest BCUT2D eigenvalue weighted by molar-refractivity contribution is 0.150. The highest BCUT2D eigenvalue weighted by atomic mass is 32.1. The Morgan fingerprint density at radius 1 is 1.77 bits per heavy atom. The molecule has 1 saturated carbocycles. The molecule has 3 N–H and O–H groups in total. The van der Waals surface area contributed by atoms with Gasteiger partial charge in [0, 0.05) is 10.9 Å². The van der Waals surface area contributed by atoms with Crippen LogP contribution in [0.25, 0.3) is 0 Å². The molecule has 1 unspecified atom stereocenters. The van der Waals surface area contributed by atoms with Crippen LogP contribution in [0, 0.1) is 6.92 Å². The summed E-state index contributed by atoms with van der Waals surface area (Å²) < 4.78 is 0. The fourth-order valence-electron chi connectivity index (χ4n) is 1.39. The lowest BCUT2D eigenvalue weighted by Crippen LogP contribution is -2.24. The quantitative estimate of drug-likeness (QED) is 0.771. The van der Waals surface area contributed by atoms with Gasteiger partial charge in [0.1, 0.15) is 0 Å². The van der Waals surface area contributed by atoms with Crippen molar-refractivity contribution in [3.63, 3.8) is 0 Å². The van der Waals surface area contributed by atoms with Crippen LogP contribution in [0.5, 0.6) is 0 Å². The van der Waals surface area contributed by atoms with Crippen molar-refractivity contribution in [2.24, 2.45) is 5.73 Å². The van der Waals surface area contributed by atoms with E-state index in [2.05, 4.69) is 4.98 Å². The third kappa shape index (κ3) is 2.07. The van der Waals surface area contributed by atoms with Crippen LogP contribution in [0.2, 0.25) is 0 Å². The first-order valence-corrected chi connectivity index (χ1v) is 5.36. The van der Waals surface area contributed by atoms with Gasteiger partial charge in [0.15, 0.2) is 0 Å². The van der Waals surface area contributed by atoms with Gasteiger partial charge in [-0.05, 0) is 26.2 Å². The average molecular weight is 198 g/mol. The molecule has 1 aromatic rings. The maximum absolute atomic E-state index is 9.77. The van der Waals surface area contributed by atoms with E-state index in [4.69, 9.17) is 5.73 Å². The zero-order chi connectivity index (χ0) is 9.47. The molecule has 0 saturated heterocycles. The Labute approximate surface area is 81.6 Å². The fourth-order valence-corrected chi connectivity index (χ4v) is 2.05. The standard InChI is InChI=1S/C9H14N2OS/c1-6-11-7(5-13-6)8(12)4-9(10)2-3-9/h5,8,12H,2-4,10H2,1H3. The van der Waals surface area contributed by atoms with Gasteiger partial charge in [0.2, 0.25) is 0 Å². The van der Waals surface area contributed by atoms with Crippen molar-refractivity contribution in [2.75, 3.05) is 0 Å². The maximum atomic E-state index is 9.77. The average Bonchev–Trinajstić information content (AvgIpc) is 2.62. The zero-order valence-corrected chi connectivity index (χ0v) is 8.47. The highest BCUT2D eigenvalue weighted by molar-refractivity contribution is 7.09. The predicted octanol–water partition coefficient (Wildman–Crippen LogP) is 1.37. The Morgan fingerprint density at radius 2 is 2.46 bits per heavy atom. The molecule has 72 valence electrons. The number of hydrogen-bond acceptors (Lipinski definition) is 4. The third-order valence-corrected chi connectivity index (χ3v) is 3.26. The van der Waals surface area contributed by atoms with Crippen molar-refractivity contribution < 1.29 is 5.11 Å². The van der Waals surface area contributed by atoms with E-state index in [1.54, 1.807) is 11.3 Å². The summed E-state index contributed by atoms with van der Waals surface area (Å²) in [5, 5.41) is 12.7. The van der Waals surface area contributed by atoms with E-state index in [1.165, 1.54) is 0 Å². The molecule has 4 heteroatoms. The molecular weight excluding hydrogens is 184 g/mol. The van der Waals surface area contributed by atoms with Crippen LogP contribution in [0.15, 0.2) is 5.38 Å². The molecule has 0 aliphatic heterocycles. The highest BCUT2D eigenvalue weighted by Crippen LogP contribution is 2.40. The van der Waals surface area contributed by atoms with Crippen molar-refractivity contribution in [1.82, 2.24) is 4.98 Å². The fraction of sp³-hybridized carbons (Fsp3) is 0.667. The molecule has 0 radical (unpaired) electrons. The van der Waals surface area contributed by atoms with Crippen molar-refractivity contribution in [3.05, 3.63) is 16.1 Å². The number of nitrogens with two attached hydrogens (primary N) is 1. The second kappa shape index (κ2) is 3.04. The predicted molar refractivity (Wildman–Crippen MR) is 52.6 cm³/mol. The largest absolute Gasteiger partial charge is 0.387 e. The van der Waals surface area contributed by atoms with Crippen LogP contribution in [0.3, 0.4) is 0 Å². The lowest BCUT2D eigenvalue weighted by atomic mass is 10.1. The van der Waals surface area contributed by atoms with Crippen molar-refractivity contribution in [2.45, 2.75) is 37.8 Å². The van der Waals surface area contributed by atoms with E-state index < -0.39 is 6.10 Å². The Hall–Kier alpha value is -0.450. The van der Waals surface area contributed by atoms with E-state index in [0.29, 0.717) is 6.42 Å². The smallest absolute Gasteiger partial charge is 0.0985 e. The van der Waals surface area contributed by atoms with Gasteiger partial charge < -0.3 is 10.8 Å². The van der Waals surface area contributed by atoms with Gasteiger partial charge in [-0.15, -0.1) is 11.3 Å². The summed E-state index contributed by atoms with van der Waals surface area (Å²) in [6, 6.07) is 0. The molecular formula is C9H14N2OS. The van der Waals surface area contributed by atoms with Crippen LogP contribution in [0.4, 0.5) is 0 Å². The number of aliphatic hydroxyl groups is 1. The van der Waals surface area contributed by atoms with Crippen molar-refractivity contribution >= 4 is 11.3 Å². The molecule has 13 heavy (non-hydrogen) atoms. The maximum Gasteiger partial charge on any atom is 0.0985 e. The minimum absolute atomic E-state index is 0.100. The summed E-state index contributed by atoms with van der Waals surface area (Å²) in [6.45, 7) is 1.94. The molecule has 0 amide bonds. The number of nitrogens with zero attached hydrogens (tertiary/aromatic N) is 1. The van der Waals surface area contributed by atoms with Crippen LogP contribution in [-0.2, 0) is 0 Å². The molecule has 1 aromatic heterocycles. The van der Waals surface area contributed by atoms with Gasteiger partial charge in [0.05, 0.1) is 16.8 Å². The SMILES string of the molecule is Cc1nc(C(O)CC2(N)CC2)cs1. The Balaban J connectivity index is 2.00. The van der Waals surface area contributed by atoms with Crippen molar-refractivity contribution in [1.29, 1.82) is 0 Å². The Morgan fingerprint density at radius 3 is 2.92 bits per heavy atom. The summed E-state index contributed by atoms with van der Waals surface area (Å²) >= 11 is 1.57. The van der Waals surface area contributed by atoms with Gasteiger partial charge in [0.25, 0.3) is 0 Å². The molecule has 2 rings (SSSR count). The van der Waals surface area contributed by atoms with Gasteiger partial charge in [-0.3, -0.25) is 0 Å². The van der Waals surface area contributed by atoms with Crippen LogP contribution >= 0.6 is 11.3 Å². The molecule has 0 aromatic carbocycles. The Kier molecular flexibility index (Phi) is 2.14. The monoisotopic (exact) mass is 198 g/mol. The normalized spacial score (nSPS) is 21.5. The molecule has 0 bridgehead atoms. The minimum Gasteiger partial charge on any atom is -0.387 e. The van der Waals surface area contributed by atoms with Crippen LogP contribution in [-0.4, -0.2) is 15.6 Å². The summed E-state index contributed by atoms with van der Waals surface area (Å²) in [5.74, 6) is 0. The number of aryl methyl sites for hydroxylation is 1. The second-order valence-corrected chi connectivity index (χ2v) is 4.94. The first kappa shape index (κ1) is 9.12. The summed E-state index contributed by atoms with van der Waals surface area (Å²) in [7, 11) is 0. The van der Waals surface area contributed by atoms with Crippen LogP contribution in [0.1, 0.15) is 36.1 Å². The molecule has 0 spiro atoms. The van der Waals surface area contributed by atoms with E-state index in [-0.39, 0.29) is 5.54 Å². The molecule has 1 aliphatic carbocycles. The van der Waals surface area contributed by atoms with E-state index >= 15 is 0 Å². The van der Waals surface area contributed by atoms with Crippen molar-refractivity contribution in [3.8, 4) is 0 Å². The molecule has 1 aliphatic rings. The third-order valence-electron chi connectivity index (χ3n) is 2.47. The number of hydrogen-bond donors (Lipinski definition) is 2. The van der Waals surface area contributed by atoms with E-state index in [1.807, 2.05) is 12.3 Å². The number of rotatable bonds is 3. The number of aromatic nitrogens is 1. The minimum atomic E-state index is -0.475. The first-order chi connectivity index (χ1) is 6.09. The van der Waals surface area contributed by atoms with E-state index in [0.717, 1.165) is 23.5 Å². The number of thiazole rings is 1. The first-order valence-electron chi connectivity index (χ1n) is 4.48. The van der Waals surface area contributed by atoms with Gasteiger partial charge >= 0.3 is 0 Å². The molecule has 1 atom stereocenters.